The van der Waals surface area contributed by atoms with Crippen LogP contribution in [0.15, 0.2) is 4.99 Å². The Morgan fingerprint density at radius 3 is 2.31 bits per heavy atom. The number of halogens is 1. The molecule has 1 amide bonds. The van der Waals surface area contributed by atoms with Gasteiger partial charge in [0.15, 0.2) is 5.96 Å². The zero-order chi connectivity index (χ0) is 21.3. The summed E-state index contributed by atoms with van der Waals surface area (Å²) < 4.78 is 5.41. The van der Waals surface area contributed by atoms with Crippen molar-refractivity contribution in [2.45, 2.75) is 79.0 Å². The van der Waals surface area contributed by atoms with Gasteiger partial charge >= 0.3 is 6.09 Å². The normalized spacial score (nSPS) is 17.5. The average Bonchev–Trinajstić information content (AvgIpc) is 2.58. The van der Waals surface area contributed by atoms with Gasteiger partial charge in [0, 0.05) is 51.9 Å². The second-order valence-electron chi connectivity index (χ2n) is 9.23. The fourth-order valence-corrected chi connectivity index (χ4v) is 3.26. The van der Waals surface area contributed by atoms with Gasteiger partial charge in [-0.15, -0.1) is 24.0 Å². The Kier molecular flexibility index (Phi) is 13.2. The number of carbonyl (C=O) groups excluding carboxylic acids is 1. The summed E-state index contributed by atoms with van der Waals surface area (Å²) in [4.78, 5) is 21.0. The highest BCUT2D eigenvalue weighted by atomic mass is 127. The number of likely N-dealkylation sites (tertiary alicyclic amines) is 1. The predicted molar refractivity (Wildman–Crippen MR) is 132 cm³/mol. The van der Waals surface area contributed by atoms with Crippen LogP contribution in [0.5, 0.6) is 0 Å². The predicted octanol–water partition coefficient (Wildman–Crippen LogP) is 3.54. The van der Waals surface area contributed by atoms with E-state index in [0.717, 1.165) is 38.4 Å². The Bertz CT molecular complexity index is 500. The van der Waals surface area contributed by atoms with Crippen LogP contribution in [0.2, 0.25) is 0 Å². The standard InChI is InChI=1S/C21H43N5O2.HI/c1-9-22-19(24-18-10-12-26(13-11-18)16(2)3)23-14-17(4)15-25(8)20(27)28-21(5,6)7;/h16-18H,9-15H2,1-8H3,(H2,22,23,24);1H. The van der Waals surface area contributed by atoms with Crippen LogP contribution in [-0.2, 0) is 4.74 Å². The number of nitrogens with zero attached hydrogens (tertiary/aromatic N) is 3. The summed E-state index contributed by atoms with van der Waals surface area (Å²) in [6.45, 7) is 18.7. The average molecular weight is 526 g/mol. The summed E-state index contributed by atoms with van der Waals surface area (Å²) in [5, 5.41) is 6.93. The summed E-state index contributed by atoms with van der Waals surface area (Å²) in [6, 6.07) is 1.08. The summed E-state index contributed by atoms with van der Waals surface area (Å²) in [6.07, 6.45) is 1.99. The van der Waals surface area contributed by atoms with Gasteiger partial charge in [0.05, 0.1) is 0 Å². The minimum atomic E-state index is -0.472. The van der Waals surface area contributed by atoms with Crippen molar-refractivity contribution in [3.63, 3.8) is 0 Å². The van der Waals surface area contributed by atoms with Crippen molar-refractivity contribution in [2.75, 3.05) is 39.8 Å². The number of amides is 1. The molecule has 0 radical (unpaired) electrons. The first-order chi connectivity index (χ1) is 13.0. The summed E-state index contributed by atoms with van der Waals surface area (Å²) >= 11 is 0. The molecule has 1 saturated heterocycles. The molecule has 0 aliphatic carbocycles. The number of ether oxygens (including phenoxy) is 1. The van der Waals surface area contributed by atoms with E-state index >= 15 is 0 Å². The van der Waals surface area contributed by atoms with Crippen LogP contribution in [0.1, 0.15) is 61.3 Å². The van der Waals surface area contributed by atoms with E-state index in [9.17, 15) is 4.79 Å². The van der Waals surface area contributed by atoms with Crippen molar-refractivity contribution in [1.82, 2.24) is 20.4 Å². The molecule has 7 nitrogen and oxygen atoms in total. The molecule has 1 rings (SSSR count). The molecule has 1 heterocycles. The maximum Gasteiger partial charge on any atom is 0.410 e. The number of hydrogen-bond donors (Lipinski definition) is 2. The molecule has 0 spiro atoms. The number of piperidine rings is 1. The molecule has 0 saturated carbocycles. The molecule has 1 aliphatic rings. The maximum absolute atomic E-state index is 12.1. The molecule has 1 atom stereocenters. The van der Waals surface area contributed by atoms with Gasteiger partial charge in [0.1, 0.15) is 5.60 Å². The van der Waals surface area contributed by atoms with Crippen molar-refractivity contribution >= 4 is 36.0 Å². The number of aliphatic imine (C=N–C) groups is 1. The van der Waals surface area contributed by atoms with E-state index in [1.165, 1.54) is 0 Å². The third-order valence-electron chi connectivity index (χ3n) is 4.80. The minimum absolute atomic E-state index is 0. The second-order valence-corrected chi connectivity index (χ2v) is 9.23. The lowest BCUT2D eigenvalue weighted by atomic mass is 10.0. The SMILES string of the molecule is CCNC(=NCC(C)CN(C)C(=O)OC(C)(C)C)NC1CCN(C(C)C)CC1.I. The lowest BCUT2D eigenvalue weighted by Gasteiger charge is -2.35. The van der Waals surface area contributed by atoms with E-state index in [4.69, 9.17) is 9.73 Å². The molecule has 0 bridgehead atoms. The summed E-state index contributed by atoms with van der Waals surface area (Å²) in [5.41, 5.74) is -0.472. The van der Waals surface area contributed by atoms with Crippen LogP contribution in [0, 0.1) is 5.92 Å². The van der Waals surface area contributed by atoms with E-state index in [1.807, 2.05) is 20.8 Å². The Morgan fingerprint density at radius 1 is 1.24 bits per heavy atom. The molecule has 8 heteroatoms. The lowest BCUT2D eigenvalue weighted by Crippen LogP contribution is -2.50. The van der Waals surface area contributed by atoms with Crippen molar-refractivity contribution < 1.29 is 9.53 Å². The molecule has 0 aromatic rings. The van der Waals surface area contributed by atoms with Crippen LogP contribution >= 0.6 is 24.0 Å². The van der Waals surface area contributed by atoms with Crippen molar-refractivity contribution in [3.8, 4) is 0 Å². The van der Waals surface area contributed by atoms with Crippen molar-refractivity contribution in [1.29, 1.82) is 0 Å². The van der Waals surface area contributed by atoms with E-state index in [0.29, 0.717) is 25.2 Å². The van der Waals surface area contributed by atoms with E-state index < -0.39 is 5.60 Å². The molecular formula is C21H44IN5O2. The molecule has 1 unspecified atom stereocenters. The van der Waals surface area contributed by atoms with Gasteiger partial charge in [-0.25, -0.2) is 4.79 Å². The molecule has 1 aliphatic heterocycles. The van der Waals surface area contributed by atoms with Crippen molar-refractivity contribution in [2.24, 2.45) is 10.9 Å². The van der Waals surface area contributed by atoms with Gasteiger partial charge in [-0.05, 0) is 60.3 Å². The minimum Gasteiger partial charge on any atom is -0.444 e. The van der Waals surface area contributed by atoms with Crippen molar-refractivity contribution in [3.05, 3.63) is 0 Å². The first kappa shape index (κ1) is 28.2. The fraction of sp³-hybridized carbons (Fsp3) is 0.905. The molecule has 0 aromatic heterocycles. The highest BCUT2D eigenvalue weighted by Crippen LogP contribution is 2.13. The van der Waals surface area contributed by atoms with Crippen LogP contribution in [0.4, 0.5) is 4.79 Å². The molecule has 172 valence electrons. The largest absolute Gasteiger partial charge is 0.444 e. The quantitative estimate of drug-likeness (QED) is 0.303. The van der Waals surface area contributed by atoms with Gasteiger partial charge in [0.2, 0.25) is 0 Å². The third kappa shape index (κ3) is 11.9. The van der Waals surface area contributed by atoms with Gasteiger partial charge in [-0.1, -0.05) is 6.92 Å². The smallest absolute Gasteiger partial charge is 0.410 e. The van der Waals surface area contributed by atoms with Crippen LogP contribution in [0.3, 0.4) is 0 Å². The second kappa shape index (κ2) is 13.5. The molecule has 2 N–H and O–H groups in total. The first-order valence-electron chi connectivity index (χ1n) is 10.7. The van der Waals surface area contributed by atoms with Gasteiger partial charge < -0.3 is 25.2 Å². The number of carbonyl (C=O) groups is 1. The Balaban J connectivity index is 0.00000784. The number of guanidine groups is 1. The van der Waals surface area contributed by atoms with Gasteiger partial charge in [-0.3, -0.25) is 4.99 Å². The van der Waals surface area contributed by atoms with Crippen LogP contribution < -0.4 is 10.6 Å². The lowest BCUT2D eigenvalue weighted by molar-refractivity contribution is 0.0279. The Hall–Kier alpha value is -0.770. The Labute approximate surface area is 195 Å². The first-order valence-corrected chi connectivity index (χ1v) is 10.7. The van der Waals surface area contributed by atoms with E-state index in [-0.39, 0.29) is 36.0 Å². The fourth-order valence-electron chi connectivity index (χ4n) is 3.26. The molecular weight excluding hydrogens is 481 g/mol. The summed E-state index contributed by atoms with van der Waals surface area (Å²) in [7, 11) is 1.78. The molecule has 0 aromatic carbocycles. The number of nitrogens with one attached hydrogen (secondary N) is 2. The maximum atomic E-state index is 12.1. The van der Waals surface area contributed by atoms with E-state index in [1.54, 1.807) is 11.9 Å². The highest BCUT2D eigenvalue weighted by molar-refractivity contribution is 14.0. The third-order valence-corrected chi connectivity index (χ3v) is 4.80. The highest BCUT2D eigenvalue weighted by Gasteiger charge is 2.22. The zero-order valence-electron chi connectivity index (χ0n) is 19.7. The van der Waals surface area contributed by atoms with Gasteiger partial charge in [0.25, 0.3) is 0 Å². The monoisotopic (exact) mass is 525 g/mol. The number of rotatable bonds is 7. The van der Waals surface area contributed by atoms with Gasteiger partial charge in [-0.2, -0.15) is 0 Å². The summed E-state index contributed by atoms with van der Waals surface area (Å²) in [5.74, 6) is 1.12. The number of hydrogen-bond acceptors (Lipinski definition) is 4. The zero-order valence-corrected chi connectivity index (χ0v) is 22.1. The Morgan fingerprint density at radius 2 is 1.83 bits per heavy atom. The van der Waals surface area contributed by atoms with E-state index in [2.05, 4.69) is 43.2 Å². The molecule has 1 fully saturated rings. The molecule has 29 heavy (non-hydrogen) atoms. The van der Waals surface area contributed by atoms with Crippen LogP contribution in [-0.4, -0.2) is 79.3 Å². The van der Waals surface area contributed by atoms with Crippen LogP contribution in [0.25, 0.3) is 0 Å². The topological polar surface area (TPSA) is 69.2 Å².